The second kappa shape index (κ2) is 6.49. The van der Waals surface area contributed by atoms with Crippen molar-refractivity contribution in [1.82, 2.24) is 5.43 Å². The minimum absolute atomic E-state index is 0.0494. The van der Waals surface area contributed by atoms with Crippen molar-refractivity contribution < 1.29 is 8.42 Å². The van der Waals surface area contributed by atoms with Crippen LogP contribution in [0, 0.1) is 6.92 Å². The highest BCUT2D eigenvalue weighted by atomic mass is 32.2. The van der Waals surface area contributed by atoms with Gasteiger partial charge >= 0.3 is 0 Å². The highest BCUT2D eigenvalue weighted by Gasteiger charge is 2.14. The van der Waals surface area contributed by atoms with Crippen molar-refractivity contribution in [2.75, 3.05) is 11.5 Å². The van der Waals surface area contributed by atoms with Crippen molar-refractivity contribution in [2.24, 2.45) is 5.84 Å². The van der Waals surface area contributed by atoms with Crippen LogP contribution in [0.3, 0.4) is 0 Å². The van der Waals surface area contributed by atoms with Gasteiger partial charge in [0.05, 0.1) is 5.75 Å². The Bertz CT molecular complexity index is 440. The number of sulfone groups is 1. The maximum atomic E-state index is 11.4. The van der Waals surface area contributed by atoms with Gasteiger partial charge in [0.15, 0.2) is 0 Å². The molecule has 17 heavy (non-hydrogen) atoms. The smallest absolute Gasteiger partial charge is 0.150 e. The molecule has 0 radical (unpaired) electrons. The number of hydrogen-bond donors (Lipinski definition) is 2. The highest BCUT2D eigenvalue weighted by molar-refractivity contribution is 7.91. The van der Waals surface area contributed by atoms with E-state index < -0.39 is 9.84 Å². The Hall–Kier alpha value is -0.430. The van der Waals surface area contributed by atoms with Gasteiger partial charge in [-0.1, -0.05) is 6.92 Å². The summed E-state index contributed by atoms with van der Waals surface area (Å²) in [6, 6.07) is 0.0494. The summed E-state index contributed by atoms with van der Waals surface area (Å²) in [5.41, 5.74) is 5.14. The molecule has 0 saturated carbocycles. The van der Waals surface area contributed by atoms with Gasteiger partial charge in [-0.3, -0.25) is 11.3 Å². The van der Waals surface area contributed by atoms with Crippen LogP contribution < -0.4 is 11.3 Å². The Morgan fingerprint density at radius 1 is 1.47 bits per heavy atom. The van der Waals surface area contributed by atoms with Crippen LogP contribution in [0.15, 0.2) is 10.8 Å². The number of hydrazine groups is 1. The van der Waals surface area contributed by atoms with Crippen LogP contribution in [-0.2, 0) is 9.84 Å². The molecule has 98 valence electrons. The van der Waals surface area contributed by atoms with Crippen LogP contribution in [0.2, 0.25) is 0 Å². The predicted octanol–water partition coefficient (Wildman–Crippen LogP) is 1.78. The molecule has 0 fully saturated rings. The minimum atomic E-state index is -2.87. The number of thiophene rings is 1. The summed E-state index contributed by atoms with van der Waals surface area (Å²) >= 11 is 1.64. The number of rotatable bonds is 7. The lowest BCUT2D eigenvalue weighted by molar-refractivity contribution is 0.506. The topological polar surface area (TPSA) is 72.2 Å². The molecule has 6 heteroatoms. The van der Waals surface area contributed by atoms with Gasteiger partial charge in [0.2, 0.25) is 0 Å². The summed E-state index contributed by atoms with van der Waals surface area (Å²) in [4.78, 5) is 0. The Balaban J connectivity index is 2.52. The normalized spacial score (nSPS) is 13.8. The molecule has 0 aromatic carbocycles. The van der Waals surface area contributed by atoms with E-state index in [1.54, 1.807) is 18.3 Å². The van der Waals surface area contributed by atoms with Gasteiger partial charge in [0, 0.05) is 11.8 Å². The lowest BCUT2D eigenvalue weighted by Gasteiger charge is -2.15. The van der Waals surface area contributed by atoms with E-state index >= 15 is 0 Å². The predicted molar refractivity (Wildman–Crippen MR) is 72.7 cm³/mol. The van der Waals surface area contributed by atoms with E-state index in [0.29, 0.717) is 6.42 Å². The Morgan fingerprint density at radius 2 is 2.18 bits per heavy atom. The first-order chi connectivity index (χ1) is 8.00. The van der Waals surface area contributed by atoms with E-state index in [1.807, 2.05) is 6.92 Å². The van der Waals surface area contributed by atoms with Gasteiger partial charge in [0.1, 0.15) is 9.84 Å². The fourth-order valence-corrected chi connectivity index (χ4v) is 3.51. The van der Waals surface area contributed by atoms with E-state index in [-0.39, 0.29) is 17.5 Å². The van der Waals surface area contributed by atoms with Gasteiger partial charge in [-0.05, 0) is 41.7 Å². The Kier molecular flexibility index (Phi) is 5.58. The van der Waals surface area contributed by atoms with Crippen LogP contribution in [0.25, 0.3) is 0 Å². The van der Waals surface area contributed by atoms with Crippen molar-refractivity contribution in [3.8, 4) is 0 Å². The quantitative estimate of drug-likeness (QED) is 0.588. The molecule has 0 amide bonds. The zero-order chi connectivity index (χ0) is 12.9. The molecule has 0 saturated heterocycles. The van der Waals surface area contributed by atoms with Gasteiger partial charge in [0.25, 0.3) is 0 Å². The average Bonchev–Trinajstić information content (AvgIpc) is 2.71. The molecule has 1 rings (SSSR count). The molecule has 4 nitrogen and oxygen atoms in total. The fourth-order valence-electron chi connectivity index (χ4n) is 1.71. The van der Waals surface area contributed by atoms with Crippen molar-refractivity contribution >= 4 is 21.2 Å². The number of nitrogens with one attached hydrogen (secondary N) is 1. The van der Waals surface area contributed by atoms with Gasteiger partial charge in [-0.2, -0.15) is 11.3 Å². The summed E-state index contributed by atoms with van der Waals surface area (Å²) in [5.74, 6) is 5.97. The minimum Gasteiger partial charge on any atom is -0.271 e. The van der Waals surface area contributed by atoms with Gasteiger partial charge in [-0.25, -0.2) is 8.42 Å². The third kappa shape index (κ3) is 4.39. The first-order valence-corrected chi connectivity index (χ1v) is 8.45. The fraction of sp³-hybridized carbons (Fsp3) is 0.636. The lowest BCUT2D eigenvalue weighted by Crippen LogP contribution is -2.28. The summed E-state index contributed by atoms with van der Waals surface area (Å²) in [6.07, 6.45) is 1.38. The second-order valence-corrected chi connectivity index (χ2v) is 7.32. The maximum absolute atomic E-state index is 11.4. The van der Waals surface area contributed by atoms with Crippen LogP contribution in [0.4, 0.5) is 0 Å². The van der Waals surface area contributed by atoms with Crippen molar-refractivity contribution in [2.45, 2.75) is 32.7 Å². The summed E-state index contributed by atoms with van der Waals surface area (Å²) < 4.78 is 22.7. The van der Waals surface area contributed by atoms with E-state index in [0.717, 1.165) is 6.42 Å². The van der Waals surface area contributed by atoms with Crippen LogP contribution >= 0.6 is 11.3 Å². The first kappa shape index (κ1) is 14.6. The van der Waals surface area contributed by atoms with E-state index in [9.17, 15) is 8.42 Å². The average molecular weight is 276 g/mol. The van der Waals surface area contributed by atoms with Crippen LogP contribution in [-0.4, -0.2) is 19.9 Å². The van der Waals surface area contributed by atoms with Gasteiger partial charge in [-0.15, -0.1) is 0 Å². The molecule has 0 aliphatic heterocycles. The number of hydrogen-bond acceptors (Lipinski definition) is 5. The molecule has 1 heterocycles. The Labute approximate surface area is 107 Å². The lowest BCUT2D eigenvalue weighted by atomic mass is 10.0. The molecule has 0 bridgehead atoms. The molecular weight excluding hydrogens is 256 g/mol. The van der Waals surface area contributed by atoms with Crippen LogP contribution in [0.5, 0.6) is 0 Å². The molecule has 0 spiro atoms. The summed E-state index contributed by atoms with van der Waals surface area (Å²) in [6.45, 7) is 3.72. The van der Waals surface area contributed by atoms with E-state index in [1.165, 1.54) is 11.1 Å². The molecule has 1 unspecified atom stereocenters. The van der Waals surface area contributed by atoms with E-state index in [2.05, 4.69) is 16.2 Å². The molecular formula is C11H20N2O2S2. The molecule has 0 aliphatic carbocycles. The van der Waals surface area contributed by atoms with Crippen molar-refractivity contribution in [3.63, 3.8) is 0 Å². The monoisotopic (exact) mass is 276 g/mol. The standard InChI is InChI=1S/C11H20N2O2S2/c1-3-17(14,15)6-4-5-11(13-12)10-8-16-7-9(10)2/h7-8,11,13H,3-6,12H2,1-2H3. The van der Waals surface area contributed by atoms with Crippen LogP contribution in [0.1, 0.15) is 36.9 Å². The summed E-state index contributed by atoms with van der Waals surface area (Å²) in [5, 5.41) is 4.14. The van der Waals surface area contributed by atoms with Crippen molar-refractivity contribution in [3.05, 3.63) is 21.9 Å². The molecule has 1 atom stereocenters. The number of nitrogens with two attached hydrogens (primary N) is 1. The van der Waals surface area contributed by atoms with Crippen molar-refractivity contribution in [1.29, 1.82) is 0 Å². The highest BCUT2D eigenvalue weighted by Crippen LogP contribution is 2.24. The summed E-state index contributed by atoms with van der Waals surface area (Å²) in [7, 11) is -2.87. The zero-order valence-electron chi connectivity index (χ0n) is 10.3. The SMILES string of the molecule is CCS(=O)(=O)CCCC(NN)c1cscc1C. The Morgan fingerprint density at radius 3 is 2.65 bits per heavy atom. The number of aryl methyl sites for hydroxylation is 1. The molecule has 3 N–H and O–H groups in total. The third-order valence-electron chi connectivity index (χ3n) is 2.86. The molecule has 0 aliphatic rings. The second-order valence-electron chi connectivity index (χ2n) is 4.11. The third-order valence-corrected chi connectivity index (χ3v) is 5.53. The molecule has 1 aromatic rings. The first-order valence-electron chi connectivity index (χ1n) is 5.69. The zero-order valence-corrected chi connectivity index (χ0v) is 11.9. The maximum Gasteiger partial charge on any atom is 0.150 e. The van der Waals surface area contributed by atoms with E-state index in [4.69, 9.17) is 5.84 Å². The molecule has 1 aromatic heterocycles. The largest absolute Gasteiger partial charge is 0.271 e. The van der Waals surface area contributed by atoms with Gasteiger partial charge < -0.3 is 0 Å².